The van der Waals surface area contributed by atoms with E-state index in [2.05, 4.69) is 11.0 Å². The first-order chi connectivity index (χ1) is 16.2. The van der Waals surface area contributed by atoms with Crippen LogP contribution in [-0.2, 0) is 0 Å². The lowest BCUT2D eigenvalue weighted by Crippen LogP contribution is -2.49. The summed E-state index contributed by atoms with van der Waals surface area (Å²) in [4.78, 5) is 23.0. The Morgan fingerprint density at radius 3 is 2.27 bits per heavy atom. The van der Waals surface area contributed by atoms with Gasteiger partial charge in [-0.2, -0.15) is 0 Å². The van der Waals surface area contributed by atoms with Crippen molar-refractivity contribution in [2.45, 2.75) is 6.92 Å². The predicted octanol–water partition coefficient (Wildman–Crippen LogP) is 5.18. The van der Waals surface area contributed by atoms with E-state index in [9.17, 15) is 4.79 Å². The highest BCUT2D eigenvalue weighted by molar-refractivity contribution is 6.09. The molecule has 1 amide bonds. The number of amides is 1. The monoisotopic (exact) mass is 437 g/mol. The van der Waals surface area contributed by atoms with E-state index in [1.165, 1.54) is 0 Å². The first-order valence-corrected chi connectivity index (χ1v) is 11.3. The molecule has 0 saturated carbocycles. The zero-order valence-electron chi connectivity index (χ0n) is 19.0. The lowest BCUT2D eigenvalue weighted by molar-refractivity contribution is 0.0748. The van der Waals surface area contributed by atoms with Crippen LogP contribution in [0.25, 0.3) is 22.2 Å². The fraction of sp³-hybridized carbons (Fsp3) is 0.214. The molecule has 0 bridgehead atoms. The molecule has 0 spiro atoms. The molecule has 1 aromatic heterocycles. The Bertz CT molecular complexity index is 1300. The number of fused-ring (bicyclic) bond motifs is 1. The smallest absolute Gasteiger partial charge is 0.255 e. The summed E-state index contributed by atoms with van der Waals surface area (Å²) < 4.78 is 5.53. The number of piperazine rings is 1. The maximum Gasteiger partial charge on any atom is 0.255 e. The van der Waals surface area contributed by atoms with Crippen LogP contribution in [-0.4, -0.2) is 49.1 Å². The lowest BCUT2D eigenvalue weighted by atomic mass is 9.96. The highest BCUT2D eigenvalue weighted by Crippen LogP contribution is 2.32. The Morgan fingerprint density at radius 1 is 0.848 bits per heavy atom. The number of nitrogens with zero attached hydrogens (tertiary/aromatic N) is 3. The molecule has 2 heterocycles. The van der Waals surface area contributed by atoms with Gasteiger partial charge in [-0.05, 0) is 30.7 Å². The number of methoxy groups -OCH3 is 1. The molecule has 0 N–H and O–H groups in total. The van der Waals surface area contributed by atoms with E-state index >= 15 is 0 Å². The van der Waals surface area contributed by atoms with E-state index in [1.54, 1.807) is 7.11 Å². The summed E-state index contributed by atoms with van der Waals surface area (Å²) in [5, 5.41) is 0.909. The molecule has 0 aliphatic carbocycles. The molecule has 1 aliphatic heterocycles. The van der Waals surface area contributed by atoms with Gasteiger partial charge in [-0.25, -0.2) is 4.98 Å². The largest absolute Gasteiger partial charge is 0.495 e. The summed E-state index contributed by atoms with van der Waals surface area (Å²) in [6, 6.07) is 26.1. The van der Waals surface area contributed by atoms with E-state index in [-0.39, 0.29) is 5.91 Å². The van der Waals surface area contributed by atoms with Crippen molar-refractivity contribution in [1.82, 2.24) is 9.88 Å². The minimum atomic E-state index is 0.0722. The second-order valence-electron chi connectivity index (χ2n) is 8.29. The van der Waals surface area contributed by atoms with E-state index in [0.29, 0.717) is 13.1 Å². The van der Waals surface area contributed by atoms with Gasteiger partial charge in [0, 0.05) is 37.1 Å². The number of ether oxygens (including phenoxy) is 1. The summed E-state index contributed by atoms with van der Waals surface area (Å²) in [5.41, 5.74) is 5.49. The summed E-state index contributed by atoms with van der Waals surface area (Å²) in [5.74, 6) is 0.934. The van der Waals surface area contributed by atoms with Gasteiger partial charge < -0.3 is 14.5 Å². The summed E-state index contributed by atoms with van der Waals surface area (Å²) in [6.07, 6.45) is 0. The molecule has 5 nitrogen and oxygen atoms in total. The van der Waals surface area contributed by atoms with Crippen LogP contribution < -0.4 is 9.64 Å². The Labute approximate surface area is 194 Å². The van der Waals surface area contributed by atoms with Gasteiger partial charge in [0.1, 0.15) is 5.75 Å². The Hall–Kier alpha value is -3.86. The van der Waals surface area contributed by atoms with Gasteiger partial charge >= 0.3 is 0 Å². The third-order valence-electron chi connectivity index (χ3n) is 6.39. The third kappa shape index (κ3) is 3.91. The van der Waals surface area contributed by atoms with Gasteiger partial charge in [0.05, 0.1) is 29.6 Å². The minimum Gasteiger partial charge on any atom is -0.495 e. The first-order valence-electron chi connectivity index (χ1n) is 11.3. The number of rotatable bonds is 4. The standard InChI is InChI=1S/C28H27N3O2/c1-20-26(22-12-6-7-13-23(22)29-27(20)21-10-4-3-5-11-21)28(32)31-18-16-30(17-19-31)24-14-8-9-15-25(24)33-2/h3-15H,16-19H2,1-2H3. The van der Waals surface area contributed by atoms with Crippen LogP contribution in [0.4, 0.5) is 5.69 Å². The van der Waals surface area contributed by atoms with Crippen LogP contribution in [0, 0.1) is 6.92 Å². The summed E-state index contributed by atoms with van der Waals surface area (Å²) in [6.45, 7) is 4.86. The molecule has 5 heteroatoms. The molecular weight excluding hydrogens is 410 g/mol. The Kier molecular flexibility index (Phi) is 5.69. The molecule has 0 radical (unpaired) electrons. The van der Waals surface area contributed by atoms with Crippen LogP contribution in [0.15, 0.2) is 78.9 Å². The highest BCUT2D eigenvalue weighted by atomic mass is 16.5. The molecule has 33 heavy (non-hydrogen) atoms. The van der Waals surface area contributed by atoms with E-state index in [0.717, 1.165) is 57.8 Å². The quantitative estimate of drug-likeness (QED) is 0.441. The number of aromatic nitrogens is 1. The van der Waals surface area contributed by atoms with Gasteiger partial charge in [0.15, 0.2) is 0 Å². The molecule has 1 fully saturated rings. The van der Waals surface area contributed by atoms with Crippen molar-refractivity contribution in [3.63, 3.8) is 0 Å². The van der Waals surface area contributed by atoms with Gasteiger partial charge in [-0.1, -0.05) is 60.7 Å². The van der Waals surface area contributed by atoms with Gasteiger partial charge in [-0.15, -0.1) is 0 Å². The fourth-order valence-electron chi connectivity index (χ4n) is 4.66. The summed E-state index contributed by atoms with van der Waals surface area (Å²) in [7, 11) is 1.69. The first kappa shape index (κ1) is 21.0. The average Bonchev–Trinajstić information content (AvgIpc) is 2.88. The zero-order chi connectivity index (χ0) is 22.8. The van der Waals surface area contributed by atoms with Gasteiger partial charge in [0.25, 0.3) is 5.91 Å². The van der Waals surface area contributed by atoms with Crippen LogP contribution in [0.5, 0.6) is 5.75 Å². The molecule has 1 saturated heterocycles. The van der Waals surface area contributed by atoms with Gasteiger partial charge in [-0.3, -0.25) is 4.79 Å². The molecule has 4 aromatic rings. The topological polar surface area (TPSA) is 45.7 Å². The van der Waals surface area contributed by atoms with Crippen LogP contribution in [0.2, 0.25) is 0 Å². The number of benzene rings is 3. The number of para-hydroxylation sites is 3. The molecule has 1 aliphatic rings. The number of hydrogen-bond acceptors (Lipinski definition) is 4. The molecule has 3 aromatic carbocycles. The van der Waals surface area contributed by atoms with Crippen LogP contribution in [0.3, 0.4) is 0 Å². The normalized spacial score (nSPS) is 13.9. The van der Waals surface area contributed by atoms with Crippen molar-refractivity contribution in [3.8, 4) is 17.0 Å². The molecule has 166 valence electrons. The molecule has 0 atom stereocenters. The van der Waals surface area contributed by atoms with E-state index in [1.807, 2.05) is 84.6 Å². The Balaban J connectivity index is 1.47. The van der Waals surface area contributed by atoms with Crippen LogP contribution >= 0.6 is 0 Å². The van der Waals surface area contributed by atoms with Crippen molar-refractivity contribution in [2.75, 3.05) is 38.2 Å². The molecular formula is C28H27N3O2. The predicted molar refractivity (Wildman–Crippen MR) is 133 cm³/mol. The van der Waals surface area contributed by atoms with Crippen molar-refractivity contribution >= 4 is 22.5 Å². The SMILES string of the molecule is COc1ccccc1N1CCN(C(=O)c2c(C)c(-c3ccccc3)nc3ccccc23)CC1. The number of carbonyl (C=O) groups is 1. The number of hydrogen-bond donors (Lipinski definition) is 0. The third-order valence-corrected chi connectivity index (χ3v) is 6.39. The maximum atomic E-state index is 13.8. The van der Waals surface area contributed by atoms with Crippen molar-refractivity contribution in [1.29, 1.82) is 0 Å². The van der Waals surface area contributed by atoms with Crippen LogP contribution in [0.1, 0.15) is 15.9 Å². The number of pyridine rings is 1. The zero-order valence-corrected chi connectivity index (χ0v) is 19.0. The molecule has 0 unspecified atom stereocenters. The minimum absolute atomic E-state index is 0.0722. The number of anilines is 1. The molecule has 5 rings (SSSR count). The highest BCUT2D eigenvalue weighted by Gasteiger charge is 2.27. The van der Waals surface area contributed by atoms with E-state index < -0.39 is 0 Å². The summed E-state index contributed by atoms with van der Waals surface area (Å²) >= 11 is 0. The van der Waals surface area contributed by atoms with E-state index in [4.69, 9.17) is 9.72 Å². The van der Waals surface area contributed by atoms with Crippen molar-refractivity contribution in [3.05, 3.63) is 90.0 Å². The Morgan fingerprint density at radius 2 is 1.52 bits per heavy atom. The second-order valence-corrected chi connectivity index (χ2v) is 8.29. The number of carbonyl (C=O) groups excluding carboxylic acids is 1. The average molecular weight is 438 g/mol. The second kappa shape index (κ2) is 8.94. The van der Waals surface area contributed by atoms with Crippen molar-refractivity contribution < 1.29 is 9.53 Å². The van der Waals surface area contributed by atoms with Crippen molar-refractivity contribution in [2.24, 2.45) is 0 Å². The van der Waals surface area contributed by atoms with Gasteiger partial charge in [0.2, 0.25) is 0 Å². The fourth-order valence-corrected chi connectivity index (χ4v) is 4.66. The lowest BCUT2D eigenvalue weighted by Gasteiger charge is -2.37. The maximum absolute atomic E-state index is 13.8.